The molecule has 140 valence electrons. The summed E-state index contributed by atoms with van der Waals surface area (Å²) in [5.41, 5.74) is -0.0126. The zero-order chi connectivity index (χ0) is 19.4. The van der Waals surface area contributed by atoms with E-state index in [2.05, 4.69) is 30.6 Å². The molecule has 3 heterocycles. The van der Waals surface area contributed by atoms with Gasteiger partial charge in [0.2, 0.25) is 0 Å². The van der Waals surface area contributed by atoms with Gasteiger partial charge in [0, 0.05) is 18.7 Å². The van der Waals surface area contributed by atoms with Gasteiger partial charge in [0.05, 0.1) is 23.7 Å². The van der Waals surface area contributed by atoms with Crippen LogP contribution in [0.15, 0.2) is 42.7 Å². The molecule has 0 aliphatic rings. The van der Waals surface area contributed by atoms with E-state index in [1.54, 1.807) is 38.1 Å². The number of nitrogens with one attached hydrogen (secondary N) is 2. The topological polar surface area (TPSA) is 95.8 Å². The highest BCUT2D eigenvalue weighted by atomic mass is 35.5. The molecule has 3 aromatic rings. The standard InChI is InChI=1S/C18H18ClFN6O/c1-18(2,27)10-22-15-7-16(23-12-6-11(20)8-21-9-12)26-17(25-15)13-4-3-5-14(19)24-13/h3-9,27H,10H2,1-2H3,(H2,22,23,25,26). The molecular formula is C18H18ClFN6O. The van der Waals surface area contributed by atoms with Gasteiger partial charge in [-0.25, -0.2) is 19.3 Å². The summed E-state index contributed by atoms with van der Waals surface area (Å²) >= 11 is 5.96. The Balaban J connectivity index is 1.97. The molecular weight excluding hydrogens is 371 g/mol. The van der Waals surface area contributed by atoms with Crippen molar-refractivity contribution >= 4 is 28.9 Å². The van der Waals surface area contributed by atoms with Crippen LogP contribution in [0.4, 0.5) is 21.7 Å². The van der Waals surface area contributed by atoms with Crippen LogP contribution < -0.4 is 10.6 Å². The molecule has 0 aliphatic carbocycles. The lowest BCUT2D eigenvalue weighted by molar-refractivity contribution is 0.0944. The number of aliphatic hydroxyl groups is 1. The van der Waals surface area contributed by atoms with E-state index in [0.29, 0.717) is 34.0 Å². The van der Waals surface area contributed by atoms with E-state index in [-0.39, 0.29) is 6.54 Å². The lowest BCUT2D eigenvalue weighted by Gasteiger charge is -2.18. The monoisotopic (exact) mass is 388 g/mol. The molecule has 3 aromatic heterocycles. The third kappa shape index (κ3) is 5.57. The quantitative estimate of drug-likeness (QED) is 0.554. The van der Waals surface area contributed by atoms with Gasteiger partial charge < -0.3 is 15.7 Å². The number of anilines is 3. The van der Waals surface area contributed by atoms with Gasteiger partial charge in [-0.2, -0.15) is 0 Å². The molecule has 27 heavy (non-hydrogen) atoms. The highest BCUT2D eigenvalue weighted by Gasteiger charge is 2.14. The average molecular weight is 389 g/mol. The minimum atomic E-state index is -0.931. The summed E-state index contributed by atoms with van der Waals surface area (Å²) in [7, 11) is 0. The summed E-state index contributed by atoms with van der Waals surface area (Å²) in [6.07, 6.45) is 2.59. The highest BCUT2D eigenvalue weighted by Crippen LogP contribution is 2.23. The van der Waals surface area contributed by atoms with E-state index < -0.39 is 11.4 Å². The molecule has 0 atom stereocenters. The summed E-state index contributed by atoms with van der Waals surface area (Å²) in [6.45, 7) is 3.63. The van der Waals surface area contributed by atoms with Crippen LogP contribution in [0.2, 0.25) is 5.15 Å². The third-order valence-electron chi connectivity index (χ3n) is 3.35. The van der Waals surface area contributed by atoms with Gasteiger partial charge in [-0.1, -0.05) is 17.7 Å². The van der Waals surface area contributed by atoms with Crippen molar-refractivity contribution in [1.29, 1.82) is 0 Å². The van der Waals surface area contributed by atoms with Crippen molar-refractivity contribution < 1.29 is 9.50 Å². The van der Waals surface area contributed by atoms with Gasteiger partial charge in [-0.3, -0.25) is 4.98 Å². The second kappa shape index (κ2) is 7.81. The van der Waals surface area contributed by atoms with Gasteiger partial charge in [0.25, 0.3) is 0 Å². The van der Waals surface area contributed by atoms with E-state index >= 15 is 0 Å². The van der Waals surface area contributed by atoms with Crippen LogP contribution in [0.5, 0.6) is 0 Å². The Morgan fingerprint density at radius 3 is 2.59 bits per heavy atom. The second-order valence-corrected chi connectivity index (χ2v) is 6.88. The molecule has 0 aromatic carbocycles. The van der Waals surface area contributed by atoms with Crippen LogP contribution in [-0.2, 0) is 0 Å². The van der Waals surface area contributed by atoms with E-state index in [9.17, 15) is 9.50 Å². The summed E-state index contributed by atoms with van der Waals surface area (Å²) in [5.74, 6) is 0.736. The first kappa shape index (κ1) is 18.9. The van der Waals surface area contributed by atoms with Crippen molar-refractivity contribution in [1.82, 2.24) is 19.9 Å². The smallest absolute Gasteiger partial charge is 0.182 e. The largest absolute Gasteiger partial charge is 0.389 e. The summed E-state index contributed by atoms with van der Waals surface area (Å²) < 4.78 is 13.4. The lowest BCUT2D eigenvalue weighted by Crippen LogP contribution is -2.29. The zero-order valence-corrected chi connectivity index (χ0v) is 15.5. The molecule has 0 aliphatic heterocycles. The molecule has 0 fully saturated rings. The van der Waals surface area contributed by atoms with Crippen molar-refractivity contribution in [3.63, 3.8) is 0 Å². The number of hydrogen-bond acceptors (Lipinski definition) is 7. The van der Waals surface area contributed by atoms with Gasteiger partial charge in [-0.05, 0) is 26.0 Å². The van der Waals surface area contributed by atoms with E-state index in [4.69, 9.17) is 11.6 Å². The number of aromatic nitrogens is 4. The number of rotatable bonds is 6. The Bertz CT molecular complexity index is 947. The summed E-state index contributed by atoms with van der Waals surface area (Å²) in [6, 6.07) is 8.07. The Kier molecular flexibility index (Phi) is 5.48. The Hall–Kier alpha value is -2.84. The van der Waals surface area contributed by atoms with Crippen LogP contribution >= 0.6 is 11.6 Å². The van der Waals surface area contributed by atoms with Crippen LogP contribution in [0.25, 0.3) is 11.5 Å². The van der Waals surface area contributed by atoms with Crippen LogP contribution in [-0.4, -0.2) is 37.2 Å². The molecule has 3 rings (SSSR count). The van der Waals surface area contributed by atoms with Crippen LogP contribution in [0.3, 0.4) is 0 Å². The van der Waals surface area contributed by atoms with Crippen LogP contribution in [0.1, 0.15) is 13.8 Å². The van der Waals surface area contributed by atoms with Gasteiger partial charge >= 0.3 is 0 Å². The molecule has 0 bridgehead atoms. The molecule has 0 spiro atoms. The second-order valence-electron chi connectivity index (χ2n) is 6.49. The number of nitrogens with zero attached hydrogens (tertiary/aromatic N) is 4. The normalized spacial score (nSPS) is 11.3. The maximum absolute atomic E-state index is 13.4. The van der Waals surface area contributed by atoms with E-state index in [1.807, 2.05) is 0 Å². The van der Waals surface area contributed by atoms with Crippen molar-refractivity contribution in [2.45, 2.75) is 19.4 Å². The summed E-state index contributed by atoms with van der Waals surface area (Å²) in [5, 5.41) is 16.3. The Morgan fingerprint density at radius 2 is 1.89 bits per heavy atom. The first-order valence-corrected chi connectivity index (χ1v) is 8.52. The predicted octanol–water partition coefficient (Wildman–Crippen LogP) is 3.65. The maximum Gasteiger partial charge on any atom is 0.182 e. The number of halogens is 2. The van der Waals surface area contributed by atoms with Crippen LogP contribution in [0, 0.1) is 5.82 Å². The predicted molar refractivity (Wildman–Crippen MR) is 103 cm³/mol. The molecule has 3 N–H and O–H groups in total. The van der Waals surface area contributed by atoms with Crippen molar-refractivity contribution in [3.05, 3.63) is 53.7 Å². The first-order valence-electron chi connectivity index (χ1n) is 8.14. The zero-order valence-electron chi connectivity index (χ0n) is 14.7. The minimum Gasteiger partial charge on any atom is -0.389 e. The SMILES string of the molecule is CC(C)(O)CNc1cc(Nc2cncc(F)c2)nc(-c2cccc(Cl)n2)n1. The third-order valence-corrected chi connectivity index (χ3v) is 3.56. The molecule has 0 saturated carbocycles. The molecule has 9 heteroatoms. The Morgan fingerprint density at radius 1 is 1.11 bits per heavy atom. The molecule has 0 radical (unpaired) electrons. The molecule has 0 saturated heterocycles. The van der Waals surface area contributed by atoms with Gasteiger partial charge in [0.15, 0.2) is 5.82 Å². The minimum absolute atomic E-state index is 0.271. The first-order chi connectivity index (χ1) is 12.8. The lowest BCUT2D eigenvalue weighted by atomic mass is 10.1. The van der Waals surface area contributed by atoms with Gasteiger partial charge in [0.1, 0.15) is 28.3 Å². The molecule has 0 unspecified atom stereocenters. The fraction of sp³-hybridized carbons (Fsp3) is 0.222. The molecule has 7 nitrogen and oxygen atoms in total. The number of pyridine rings is 2. The number of hydrogen-bond donors (Lipinski definition) is 3. The van der Waals surface area contributed by atoms with E-state index in [0.717, 1.165) is 6.20 Å². The average Bonchev–Trinajstić information content (AvgIpc) is 2.59. The maximum atomic E-state index is 13.4. The van der Waals surface area contributed by atoms with E-state index in [1.165, 1.54) is 12.3 Å². The van der Waals surface area contributed by atoms with Crippen molar-refractivity contribution in [3.8, 4) is 11.5 Å². The fourth-order valence-corrected chi connectivity index (χ4v) is 2.35. The van der Waals surface area contributed by atoms with Gasteiger partial charge in [-0.15, -0.1) is 0 Å². The van der Waals surface area contributed by atoms with Crippen molar-refractivity contribution in [2.75, 3.05) is 17.2 Å². The Labute approximate surface area is 160 Å². The highest BCUT2D eigenvalue weighted by molar-refractivity contribution is 6.29. The fourth-order valence-electron chi connectivity index (χ4n) is 2.18. The molecule has 0 amide bonds. The van der Waals surface area contributed by atoms with Crippen molar-refractivity contribution in [2.24, 2.45) is 0 Å². The summed E-state index contributed by atoms with van der Waals surface area (Å²) in [4.78, 5) is 16.9.